The van der Waals surface area contributed by atoms with E-state index in [0.717, 1.165) is 12.3 Å². The topological polar surface area (TPSA) is 100 Å². The van der Waals surface area contributed by atoms with Crippen LogP contribution in [0.25, 0.3) is 0 Å². The molecule has 152 valence electrons. The molecule has 28 heavy (non-hydrogen) atoms. The minimum absolute atomic E-state index is 0.0368. The van der Waals surface area contributed by atoms with E-state index in [-0.39, 0.29) is 25.3 Å². The third-order valence-corrected chi connectivity index (χ3v) is 4.11. The Balaban J connectivity index is 1.88. The normalized spacial score (nSPS) is 11.7. The molecule has 1 heterocycles. The molecule has 7 nitrogen and oxygen atoms in total. The fourth-order valence-corrected chi connectivity index (χ4v) is 2.97. The molecule has 0 aliphatic carbocycles. The van der Waals surface area contributed by atoms with Gasteiger partial charge >= 0.3 is 6.18 Å². The molecule has 1 aromatic heterocycles. The summed E-state index contributed by atoms with van der Waals surface area (Å²) in [5.74, 6) is -0.714. The summed E-state index contributed by atoms with van der Waals surface area (Å²) in [5, 5.41) is 5.11. The van der Waals surface area contributed by atoms with E-state index in [0.29, 0.717) is 11.3 Å². The third-order valence-electron chi connectivity index (χ3n) is 3.52. The average molecular weight is 416 g/mol. The standard InChI is InChI=1S/C17H19F3N4O3S/c1-28(26,27)24-14-7-3-2-5-12(14)11-15(25)21-9-10-23-16-13(17(18,19)20)6-4-8-22-16/h2-8,24H,9-11H2,1H3,(H,21,25)(H,22,23). The molecule has 11 heteroatoms. The summed E-state index contributed by atoms with van der Waals surface area (Å²) in [6.45, 7) is 0.101. The fourth-order valence-electron chi connectivity index (χ4n) is 2.37. The maximum absolute atomic E-state index is 12.9. The number of amides is 1. The van der Waals surface area contributed by atoms with Crippen molar-refractivity contribution in [2.75, 3.05) is 29.4 Å². The van der Waals surface area contributed by atoms with Crippen LogP contribution in [0.4, 0.5) is 24.7 Å². The smallest absolute Gasteiger partial charge is 0.368 e. The first-order chi connectivity index (χ1) is 13.1. The van der Waals surface area contributed by atoms with Crippen molar-refractivity contribution in [1.82, 2.24) is 10.3 Å². The lowest BCUT2D eigenvalue weighted by atomic mass is 10.1. The van der Waals surface area contributed by atoms with Crippen molar-refractivity contribution in [2.45, 2.75) is 12.6 Å². The number of carbonyl (C=O) groups is 1. The van der Waals surface area contributed by atoms with Gasteiger partial charge in [-0.15, -0.1) is 0 Å². The molecule has 1 amide bonds. The Morgan fingerprint density at radius 3 is 2.50 bits per heavy atom. The number of nitrogens with one attached hydrogen (secondary N) is 3. The number of alkyl halides is 3. The zero-order valence-electron chi connectivity index (χ0n) is 14.9. The largest absolute Gasteiger partial charge is 0.419 e. The number of anilines is 2. The summed E-state index contributed by atoms with van der Waals surface area (Å²) >= 11 is 0. The van der Waals surface area contributed by atoms with Gasteiger partial charge in [-0.25, -0.2) is 13.4 Å². The van der Waals surface area contributed by atoms with E-state index < -0.39 is 27.7 Å². The summed E-state index contributed by atoms with van der Waals surface area (Å²) in [7, 11) is -3.49. The van der Waals surface area contributed by atoms with Crippen molar-refractivity contribution in [3.8, 4) is 0 Å². The second-order valence-electron chi connectivity index (χ2n) is 5.88. The van der Waals surface area contributed by atoms with Gasteiger partial charge in [-0.05, 0) is 23.8 Å². The minimum Gasteiger partial charge on any atom is -0.368 e. The van der Waals surface area contributed by atoms with Gasteiger partial charge in [0.15, 0.2) is 0 Å². The molecule has 0 bridgehead atoms. The Bertz CT molecular complexity index is 933. The number of hydrogen-bond acceptors (Lipinski definition) is 5. The molecule has 0 radical (unpaired) electrons. The highest BCUT2D eigenvalue weighted by Crippen LogP contribution is 2.33. The Hall–Kier alpha value is -2.82. The van der Waals surface area contributed by atoms with E-state index in [1.807, 2.05) is 0 Å². The van der Waals surface area contributed by atoms with Crippen LogP contribution in [0.15, 0.2) is 42.6 Å². The van der Waals surface area contributed by atoms with Gasteiger partial charge in [-0.2, -0.15) is 13.2 Å². The first-order valence-electron chi connectivity index (χ1n) is 8.15. The van der Waals surface area contributed by atoms with E-state index >= 15 is 0 Å². The average Bonchev–Trinajstić information content (AvgIpc) is 2.59. The maximum atomic E-state index is 12.9. The number of sulfonamides is 1. The second kappa shape index (κ2) is 8.91. The lowest BCUT2D eigenvalue weighted by molar-refractivity contribution is -0.137. The van der Waals surface area contributed by atoms with Crippen LogP contribution < -0.4 is 15.4 Å². The fraction of sp³-hybridized carbons (Fsp3) is 0.294. The first kappa shape index (κ1) is 21.5. The molecule has 0 aliphatic heterocycles. The molecular formula is C17H19F3N4O3S. The summed E-state index contributed by atoms with van der Waals surface area (Å²) in [5.41, 5.74) is -0.119. The zero-order valence-corrected chi connectivity index (χ0v) is 15.7. The van der Waals surface area contributed by atoms with Gasteiger partial charge in [0, 0.05) is 19.3 Å². The van der Waals surface area contributed by atoms with Gasteiger partial charge in [0.1, 0.15) is 5.82 Å². The van der Waals surface area contributed by atoms with Crippen LogP contribution in [0.3, 0.4) is 0 Å². The quantitative estimate of drug-likeness (QED) is 0.573. The molecule has 0 aliphatic rings. The van der Waals surface area contributed by atoms with E-state index in [9.17, 15) is 26.4 Å². The number of pyridine rings is 1. The Kier molecular flexibility index (Phi) is 6.84. The predicted molar refractivity (Wildman–Crippen MR) is 99.4 cm³/mol. The number of rotatable bonds is 8. The van der Waals surface area contributed by atoms with Gasteiger partial charge in [0.25, 0.3) is 0 Å². The van der Waals surface area contributed by atoms with Crippen LogP contribution in [0.2, 0.25) is 0 Å². The molecule has 0 saturated heterocycles. The van der Waals surface area contributed by atoms with Crippen molar-refractivity contribution < 1.29 is 26.4 Å². The monoisotopic (exact) mass is 416 g/mol. The van der Waals surface area contributed by atoms with Gasteiger partial charge in [-0.3, -0.25) is 9.52 Å². The Morgan fingerprint density at radius 1 is 1.11 bits per heavy atom. The molecule has 2 rings (SSSR count). The van der Waals surface area contributed by atoms with E-state index in [2.05, 4.69) is 20.3 Å². The van der Waals surface area contributed by atoms with Crippen LogP contribution in [0.1, 0.15) is 11.1 Å². The van der Waals surface area contributed by atoms with E-state index in [1.54, 1.807) is 18.2 Å². The number of carbonyl (C=O) groups excluding carboxylic acids is 1. The van der Waals surface area contributed by atoms with Gasteiger partial charge in [0.2, 0.25) is 15.9 Å². The number of para-hydroxylation sites is 1. The molecule has 1 aromatic carbocycles. The SMILES string of the molecule is CS(=O)(=O)Nc1ccccc1CC(=O)NCCNc1ncccc1C(F)(F)F. The molecular weight excluding hydrogens is 397 g/mol. The van der Waals surface area contributed by atoms with E-state index in [4.69, 9.17) is 0 Å². The summed E-state index contributed by atoms with van der Waals surface area (Å²) in [6.07, 6.45) is -2.38. The highest BCUT2D eigenvalue weighted by atomic mass is 32.2. The summed E-state index contributed by atoms with van der Waals surface area (Å²) in [6, 6.07) is 8.54. The van der Waals surface area contributed by atoms with Crippen molar-refractivity contribution in [3.63, 3.8) is 0 Å². The van der Waals surface area contributed by atoms with Crippen LogP contribution in [0.5, 0.6) is 0 Å². The number of aromatic nitrogens is 1. The van der Waals surface area contributed by atoms with Crippen LogP contribution in [-0.4, -0.2) is 38.7 Å². The van der Waals surface area contributed by atoms with Crippen molar-refractivity contribution in [3.05, 3.63) is 53.7 Å². The number of nitrogens with zero attached hydrogens (tertiary/aromatic N) is 1. The number of hydrogen-bond donors (Lipinski definition) is 3. The van der Waals surface area contributed by atoms with Gasteiger partial charge in [0.05, 0.1) is 23.9 Å². The van der Waals surface area contributed by atoms with Crippen molar-refractivity contribution in [1.29, 1.82) is 0 Å². The Morgan fingerprint density at radius 2 is 1.82 bits per heavy atom. The van der Waals surface area contributed by atoms with E-state index in [1.165, 1.54) is 18.3 Å². The summed E-state index contributed by atoms with van der Waals surface area (Å²) < 4.78 is 63.7. The molecule has 0 fully saturated rings. The highest BCUT2D eigenvalue weighted by Gasteiger charge is 2.33. The molecule has 0 atom stereocenters. The number of benzene rings is 1. The number of halogens is 3. The molecule has 0 spiro atoms. The van der Waals surface area contributed by atoms with Crippen LogP contribution in [0, 0.1) is 0 Å². The lowest BCUT2D eigenvalue weighted by Gasteiger charge is -2.14. The Labute approximate surface area is 160 Å². The first-order valence-corrected chi connectivity index (χ1v) is 10.0. The molecule has 2 aromatic rings. The maximum Gasteiger partial charge on any atom is 0.419 e. The predicted octanol–water partition coefficient (Wildman–Crippen LogP) is 2.24. The van der Waals surface area contributed by atoms with Crippen LogP contribution in [-0.2, 0) is 27.4 Å². The van der Waals surface area contributed by atoms with Gasteiger partial charge in [-0.1, -0.05) is 18.2 Å². The van der Waals surface area contributed by atoms with Crippen molar-refractivity contribution in [2.24, 2.45) is 0 Å². The van der Waals surface area contributed by atoms with Crippen LogP contribution >= 0.6 is 0 Å². The zero-order chi connectivity index (χ0) is 20.8. The molecule has 0 saturated carbocycles. The summed E-state index contributed by atoms with van der Waals surface area (Å²) in [4.78, 5) is 15.7. The second-order valence-corrected chi connectivity index (χ2v) is 7.63. The van der Waals surface area contributed by atoms with Crippen molar-refractivity contribution >= 4 is 27.4 Å². The minimum atomic E-state index is -4.53. The molecule has 3 N–H and O–H groups in total. The highest BCUT2D eigenvalue weighted by molar-refractivity contribution is 7.92. The third kappa shape index (κ3) is 6.72. The van der Waals surface area contributed by atoms with Gasteiger partial charge < -0.3 is 10.6 Å². The lowest BCUT2D eigenvalue weighted by Crippen LogP contribution is -2.30. The molecule has 0 unspecified atom stereocenters.